The zero-order valence-electron chi connectivity index (χ0n) is 34.6. The molecule has 0 aliphatic rings. The molecular weight excluding hydrogens is 699 g/mol. The van der Waals surface area contributed by atoms with Crippen LogP contribution >= 0.6 is 7.82 Å². The lowest BCUT2D eigenvalue weighted by molar-refractivity contribution is -0.161. The fourth-order valence-corrected chi connectivity index (χ4v) is 6.49. The van der Waals surface area contributed by atoms with Crippen LogP contribution in [0.2, 0.25) is 0 Å². The molecule has 0 amide bonds. The van der Waals surface area contributed by atoms with E-state index in [-0.39, 0.29) is 19.4 Å². The molecule has 1 unspecified atom stereocenters. The molecule has 0 heterocycles. The minimum absolute atomic E-state index is 0.203. The maximum absolute atomic E-state index is 12.4. The van der Waals surface area contributed by atoms with Crippen molar-refractivity contribution in [1.29, 1.82) is 0 Å². The van der Waals surface area contributed by atoms with Gasteiger partial charge >= 0.3 is 19.8 Å². The van der Waals surface area contributed by atoms with Gasteiger partial charge in [-0.05, 0) is 51.4 Å². The number of phosphoric acid groups is 1. The smallest absolute Gasteiger partial charge is 0.462 e. The average molecular weight is 781 g/mol. The molecule has 0 aromatic heterocycles. The molecule has 0 aromatic rings. The van der Waals surface area contributed by atoms with Gasteiger partial charge in [0.05, 0.1) is 6.61 Å². The van der Waals surface area contributed by atoms with Crippen LogP contribution in [-0.2, 0) is 28.2 Å². The summed E-state index contributed by atoms with van der Waals surface area (Å²) in [4.78, 5) is 42.9. The minimum atomic E-state index is -4.76. The Hall–Kier alpha value is -1.99. The van der Waals surface area contributed by atoms with Gasteiger partial charge in [-0.3, -0.25) is 14.1 Å². The van der Waals surface area contributed by atoms with E-state index in [1.54, 1.807) is 0 Å². The Morgan fingerprint density at radius 1 is 0.500 bits per heavy atom. The maximum Gasteiger partial charge on any atom is 0.469 e. The van der Waals surface area contributed by atoms with Crippen molar-refractivity contribution < 1.29 is 37.9 Å². The van der Waals surface area contributed by atoms with Crippen LogP contribution in [0.1, 0.15) is 206 Å². The molecule has 0 saturated carbocycles. The summed E-state index contributed by atoms with van der Waals surface area (Å²) in [7, 11) is -4.76. The highest BCUT2D eigenvalue weighted by molar-refractivity contribution is 7.46. The topological polar surface area (TPSA) is 119 Å². The van der Waals surface area contributed by atoms with Crippen molar-refractivity contribution in [2.24, 2.45) is 0 Å². The summed E-state index contributed by atoms with van der Waals surface area (Å²) in [6.45, 7) is 3.58. The quantitative estimate of drug-likeness (QED) is 0.0273. The highest BCUT2D eigenvalue weighted by Gasteiger charge is 2.22. The molecule has 8 nitrogen and oxygen atoms in total. The van der Waals surface area contributed by atoms with Crippen molar-refractivity contribution >= 4 is 19.8 Å². The van der Waals surface area contributed by atoms with Crippen molar-refractivity contribution in [1.82, 2.24) is 0 Å². The van der Waals surface area contributed by atoms with Crippen LogP contribution in [-0.4, -0.2) is 41.0 Å². The van der Waals surface area contributed by atoms with Gasteiger partial charge in [-0.1, -0.05) is 191 Å². The Morgan fingerprint density at radius 3 is 1.33 bits per heavy atom. The molecular formula is C45H81O8P. The molecule has 0 saturated heterocycles. The second-order valence-electron chi connectivity index (χ2n) is 14.6. The van der Waals surface area contributed by atoms with Crippen molar-refractivity contribution in [3.05, 3.63) is 48.6 Å². The van der Waals surface area contributed by atoms with Gasteiger partial charge < -0.3 is 19.3 Å². The Labute approximate surface area is 331 Å². The Balaban J connectivity index is 3.90. The third-order valence-corrected chi connectivity index (χ3v) is 9.85. The third kappa shape index (κ3) is 42.7. The van der Waals surface area contributed by atoms with E-state index in [0.717, 1.165) is 70.6 Å². The first-order valence-corrected chi connectivity index (χ1v) is 23.5. The van der Waals surface area contributed by atoms with E-state index in [1.807, 2.05) is 0 Å². The first-order chi connectivity index (χ1) is 26.3. The van der Waals surface area contributed by atoms with E-state index >= 15 is 0 Å². The summed E-state index contributed by atoms with van der Waals surface area (Å²) in [6, 6.07) is 0. The number of hydrogen-bond acceptors (Lipinski definition) is 6. The normalized spacial score (nSPS) is 12.9. The van der Waals surface area contributed by atoms with Crippen LogP contribution in [0, 0.1) is 0 Å². The van der Waals surface area contributed by atoms with E-state index in [2.05, 4.69) is 67.0 Å². The van der Waals surface area contributed by atoms with Crippen LogP contribution in [0.3, 0.4) is 0 Å². The second kappa shape index (κ2) is 40.7. The Bertz CT molecular complexity index is 1020. The lowest BCUT2D eigenvalue weighted by atomic mass is 10.0. The van der Waals surface area contributed by atoms with Gasteiger partial charge in [-0.2, -0.15) is 0 Å². The van der Waals surface area contributed by atoms with E-state index < -0.39 is 32.5 Å². The minimum Gasteiger partial charge on any atom is -0.462 e. The number of hydrogen-bond donors (Lipinski definition) is 2. The number of esters is 2. The molecule has 0 aliphatic carbocycles. The fraction of sp³-hybridized carbons (Fsp3) is 0.778. The van der Waals surface area contributed by atoms with Gasteiger partial charge in [0, 0.05) is 12.8 Å². The van der Waals surface area contributed by atoms with Crippen molar-refractivity contribution in [2.75, 3.05) is 13.2 Å². The number of phosphoric ester groups is 1. The molecule has 0 fully saturated rings. The highest BCUT2D eigenvalue weighted by Crippen LogP contribution is 2.36. The largest absolute Gasteiger partial charge is 0.469 e. The first-order valence-electron chi connectivity index (χ1n) is 21.9. The fourth-order valence-electron chi connectivity index (χ4n) is 6.13. The Morgan fingerprint density at radius 2 is 0.889 bits per heavy atom. The number of unbranched alkanes of at least 4 members (excludes halogenated alkanes) is 22. The number of rotatable bonds is 40. The van der Waals surface area contributed by atoms with Crippen LogP contribution < -0.4 is 0 Å². The van der Waals surface area contributed by atoms with Crippen molar-refractivity contribution in [3.8, 4) is 0 Å². The molecule has 1 atom stereocenters. The second-order valence-corrected chi connectivity index (χ2v) is 15.9. The van der Waals surface area contributed by atoms with Gasteiger partial charge in [-0.25, -0.2) is 4.57 Å². The summed E-state index contributed by atoms with van der Waals surface area (Å²) in [5.41, 5.74) is 0. The lowest BCUT2D eigenvalue weighted by Gasteiger charge is -2.18. The summed E-state index contributed by atoms with van der Waals surface area (Å²) in [5.74, 6) is -0.889. The molecule has 0 spiro atoms. The van der Waals surface area contributed by atoms with E-state index in [0.29, 0.717) is 6.42 Å². The van der Waals surface area contributed by atoms with Crippen molar-refractivity contribution in [3.63, 3.8) is 0 Å². The molecule has 0 aliphatic heterocycles. The monoisotopic (exact) mass is 781 g/mol. The van der Waals surface area contributed by atoms with Gasteiger partial charge in [-0.15, -0.1) is 0 Å². The van der Waals surface area contributed by atoms with Crippen LogP contribution in [0.25, 0.3) is 0 Å². The zero-order chi connectivity index (χ0) is 39.6. The molecule has 0 rings (SSSR count). The van der Waals surface area contributed by atoms with E-state index in [4.69, 9.17) is 19.3 Å². The summed E-state index contributed by atoms with van der Waals surface area (Å²) < 4.78 is 26.4. The third-order valence-electron chi connectivity index (χ3n) is 9.36. The average Bonchev–Trinajstić information content (AvgIpc) is 3.14. The first kappa shape index (κ1) is 52.0. The summed E-state index contributed by atoms with van der Waals surface area (Å²) in [5, 5.41) is 0. The molecule has 314 valence electrons. The Kier molecular flexibility index (Phi) is 39.2. The molecule has 0 radical (unpaired) electrons. The number of ether oxygens (including phenoxy) is 2. The summed E-state index contributed by atoms with van der Waals surface area (Å²) >= 11 is 0. The number of carbonyl (C=O) groups excluding carboxylic acids is 2. The molecule has 54 heavy (non-hydrogen) atoms. The summed E-state index contributed by atoms with van der Waals surface area (Å²) in [6.07, 6.45) is 49.7. The molecule has 9 heteroatoms. The van der Waals surface area contributed by atoms with E-state index in [9.17, 15) is 14.2 Å². The van der Waals surface area contributed by atoms with Gasteiger partial charge in [0.25, 0.3) is 0 Å². The standard InChI is InChI=1S/C45H81O8P/c1-3-5-7-9-11-13-15-17-19-20-21-22-23-24-26-28-30-32-34-36-38-40-45(47)53-43(42-52-54(48,49)50)41-51-44(46)39-37-35-33-31-29-27-25-18-16-14-12-10-8-6-4-2/h5,7,11,13,17,19,21-22,43H,3-4,6,8-10,12,14-16,18,20,23-42H2,1-2H3,(H2,48,49,50)/b7-5-,13-11-,19-17-,22-21-. The zero-order valence-corrected chi connectivity index (χ0v) is 35.5. The highest BCUT2D eigenvalue weighted by atomic mass is 31.2. The maximum atomic E-state index is 12.4. The van der Waals surface area contributed by atoms with Gasteiger partial charge in [0.1, 0.15) is 6.61 Å². The number of allylic oxidation sites excluding steroid dienone is 8. The molecule has 0 bridgehead atoms. The number of carbonyl (C=O) groups is 2. The lowest BCUT2D eigenvalue weighted by Crippen LogP contribution is -2.29. The van der Waals surface area contributed by atoms with Gasteiger partial charge in [0.2, 0.25) is 0 Å². The van der Waals surface area contributed by atoms with E-state index in [1.165, 1.54) is 103 Å². The predicted octanol–water partition coefficient (Wildman–Crippen LogP) is 13.5. The van der Waals surface area contributed by atoms with Gasteiger partial charge in [0.15, 0.2) is 6.10 Å². The van der Waals surface area contributed by atoms with Crippen LogP contribution in [0.5, 0.6) is 0 Å². The molecule has 0 aromatic carbocycles. The molecule has 2 N–H and O–H groups in total. The van der Waals surface area contributed by atoms with Crippen LogP contribution in [0.15, 0.2) is 48.6 Å². The predicted molar refractivity (Wildman–Crippen MR) is 225 cm³/mol. The van der Waals surface area contributed by atoms with Crippen LogP contribution in [0.4, 0.5) is 0 Å². The van der Waals surface area contributed by atoms with Crippen molar-refractivity contribution in [2.45, 2.75) is 213 Å². The SMILES string of the molecule is CC/C=C\C/C=C\C/C=C\C/C=C\CCCCCCCCCCC(=O)OC(COC(=O)CCCCCCCCCCCCCCCCC)COP(=O)(O)O.